The zero-order valence-corrected chi connectivity index (χ0v) is 14.3. The van der Waals surface area contributed by atoms with Gasteiger partial charge in [-0.05, 0) is 25.7 Å². The SMILES string of the molecule is CN(Cc1nc2c(s1)CCCC2)C(=O)C[C@@H]1C=CS(=O)(=O)C1. The number of amides is 1. The molecule has 0 spiro atoms. The average molecular weight is 340 g/mol. The lowest BCUT2D eigenvalue weighted by molar-refractivity contribution is -0.130. The first kappa shape index (κ1) is 15.7. The highest BCUT2D eigenvalue weighted by atomic mass is 32.2. The molecule has 1 atom stereocenters. The standard InChI is InChI=1S/C15H20N2O3S2/c1-17(15(18)8-11-6-7-22(19,20)10-11)9-14-16-12-4-2-3-5-13(12)21-14/h6-7,11H,2-5,8-10H2,1H3/t11-/m0/s1. The van der Waals surface area contributed by atoms with Gasteiger partial charge in [0.15, 0.2) is 9.84 Å². The smallest absolute Gasteiger partial charge is 0.223 e. The van der Waals surface area contributed by atoms with E-state index in [1.54, 1.807) is 29.4 Å². The summed E-state index contributed by atoms with van der Waals surface area (Å²) in [7, 11) is -1.33. The van der Waals surface area contributed by atoms with Crippen LogP contribution >= 0.6 is 11.3 Å². The van der Waals surface area contributed by atoms with Gasteiger partial charge in [0, 0.05) is 29.7 Å². The number of thiazole rings is 1. The summed E-state index contributed by atoms with van der Waals surface area (Å²) in [4.78, 5) is 19.9. The summed E-state index contributed by atoms with van der Waals surface area (Å²) in [6.45, 7) is 0.514. The van der Waals surface area contributed by atoms with Gasteiger partial charge in [-0.15, -0.1) is 11.3 Å². The molecule has 1 aliphatic heterocycles. The Labute approximate surface area is 135 Å². The molecule has 0 bridgehead atoms. The molecule has 22 heavy (non-hydrogen) atoms. The van der Waals surface area contributed by atoms with Gasteiger partial charge < -0.3 is 4.90 Å². The molecular formula is C15H20N2O3S2. The Morgan fingerprint density at radius 3 is 2.86 bits per heavy atom. The molecule has 3 rings (SSSR count). The fraction of sp³-hybridized carbons (Fsp3) is 0.600. The second kappa shape index (κ2) is 6.12. The number of carbonyl (C=O) groups excluding carboxylic acids is 1. The molecule has 7 heteroatoms. The molecule has 1 aromatic rings. The van der Waals surface area contributed by atoms with E-state index >= 15 is 0 Å². The van der Waals surface area contributed by atoms with Gasteiger partial charge in [0.05, 0.1) is 18.0 Å². The van der Waals surface area contributed by atoms with E-state index in [-0.39, 0.29) is 24.0 Å². The van der Waals surface area contributed by atoms with E-state index in [4.69, 9.17) is 0 Å². The van der Waals surface area contributed by atoms with Crippen LogP contribution in [0.1, 0.15) is 34.8 Å². The Morgan fingerprint density at radius 2 is 2.18 bits per heavy atom. The summed E-state index contributed by atoms with van der Waals surface area (Å²) in [6.07, 6.45) is 6.46. The number of nitrogens with zero attached hydrogens (tertiary/aromatic N) is 2. The maximum absolute atomic E-state index is 12.2. The zero-order valence-electron chi connectivity index (χ0n) is 12.6. The summed E-state index contributed by atoms with van der Waals surface area (Å²) < 4.78 is 22.8. The van der Waals surface area contributed by atoms with Crippen LogP contribution < -0.4 is 0 Å². The number of aryl methyl sites for hydroxylation is 2. The first-order chi connectivity index (χ1) is 10.4. The summed E-state index contributed by atoms with van der Waals surface area (Å²) >= 11 is 1.71. The average Bonchev–Trinajstić information content (AvgIpc) is 3.00. The van der Waals surface area contributed by atoms with Gasteiger partial charge >= 0.3 is 0 Å². The third kappa shape index (κ3) is 3.57. The third-order valence-corrected chi connectivity index (χ3v) is 6.74. The van der Waals surface area contributed by atoms with Crippen molar-refractivity contribution in [3.05, 3.63) is 27.1 Å². The molecule has 1 aromatic heterocycles. The van der Waals surface area contributed by atoms with Crippen molar-refractivity contribution in [2.45, 2.75) is 38.6 Å². The second-order valence-corrected chi connectivity index (χ2v) is 9.16. The molecule has 0 aromatic carbocycles. The van der Waals surface area contributed by atoms with E-state index in [2.05, 4.69) is 4.98 Å². The molecule has 120 valence electrons. The number of carbonyl (C=O) groups is 1. The van der Waals surface area contributed by atoms with Crippen molar-refractivity contribution in [3.63, 3.8) is 0 Å². The van der Waals surface area contributed by atoms with Gasteiger partial charge in [0.2, 0.25) is 5.91 Å². The number of hydrogen-bond donors (Lipinski definition) is 0. The van der Waals surface area contributed by atoms with Gasteiger partial charge in [-0.3, -0.25) is 4.79 Å². The number of fused-ring (bicyclic) bond motifs is 1. The normalized spacial score (nSPS) is 22.5. The van der Waals surface area contributed by atoms with Crippen molar-refractivity contribution in [3.8, 4) is 0 Å². The predicted octanol–water partition coefficient (Wildman–Crippen LogP) is 1.93. The minimum atomic E-state index is -3.09. The number of allylic oxidation sites excluding steroid dienone is 1. The van der Waals surface area contributed by atoms with Gasteiger partial charge in [-0.25, -0.2) is 13.4 Å². The maximum Gasteiger partial charge on any atom is 0.223 e. The van der Waals surface area contributed by atoms with Crippen LogP contribution in [0, 0.1) is 5.92 Å². The molecule has 0 N–H and O–H groups in total. The molecule has 5 nitrogen and oxygen atoms in total. The zero-order chi connectivity index (χ0) is 15.7. The van der Waals surface area contributed by atoms with Gasteiger partial charge in [-0.1, -0.05) is 6.08 Å². The summed E-state index contributed by atoms with van der Waals surface area (Å²) in [5, 5.41) is 2.21. The largest absolute Gasteiger partial charge is 0.339 e. The minimum absolute atomic E-state index is 0.0279. The highest BCUT2D eigenvalue weighted by Gasteiger charge is 2.25. The van der Waals surface area contributed by atoms with Crippen LogP contribution in [0.15, 0.2) is 11.5 Å². The molecule has 0 saturated heterocycles. The van der Waals surface area contributed by atoms with E-state index in [0.29, 0.717) is 6.54 Å². The summed E-state index contributed by atoms with van der Waals surface area (Å²) in [5.74, 6) is -0.164. The molecule has 0 radical (unpaired) electrons. The fourth-order valence-electron chi connectivity index (χ4n) is 2.91. The Hall–Kier alpha value is -1.21. The fourth-order valence-corrected chi connectivity index (χ4v) is 5.52. The third-order valence-electron chi connectivity index (χ3n) is 4.13. The van der Waals surface area contributed by atoms with Crippen molar-refractivity contribution in [1.29, 1.82) is 0 Å². The number of aromatic nitrogens is 1. The lowest BCUT2D eigenvalue weighted by Crippen LogP contribution is -2.28. The first-order valence-corrected chi connectivity index (χ1v) is 10.1. The number of sulfone groups is 1. The van der Waals surface area contributed by atoms with Crippen LogP contribution in [0.3, 0.4) is 0 Å². The number of hydrogen-bond acceptors (Lipinski definition) is 5. The lowest BCUT2D eigenvalue weighted by Gasteiger charge is -2.17. The van der Waals surface area contributed by atoms with Gasteiger partial charge in [0.1, 0.15) is 5.01 Å². The maximum atomic E-state index is 12.2. The minimum Gasteiger partial charge on any atom is -0.339 e. The molecule has 1 amide bonds. The van der Waals surface area contributed by atoms with Crippen LogP contribution in [0.2, 0.25) is 0 Å². The topological polar surface area (TPSA) is 67.3 Å². The van der Waals surface area contributed by atoms with Crippen LogP contribution in [0.4, 0.5) is 0 Å². The Bertz CT molecular complexity index is 683. The second-order valence-electron chi connectivity index (χ2n) is 6.06. The quantitative estimate of drug-likeness (QED) is 0.840. The molecule has 2 heterocycles. The van der Waals surface area contributed by atoms with E-state index < -0.39 is 9.84 Å². The van der Waals surface area contributed by atoms with E-state index in [9.17, 15) is 13.2 Å². The van der Waals surface area contributed by atoms with Crippen molar-refractivity contribution < 1.29 is 13.2 Å². The van der Waals surface area contributed by atoms with E-state index in [1.807, 2.05) is 0 Å². The highest BCUT2D eigenvalue weighted by molar-refractivity contribution is 7.94. The van der Waals surface area contributed by atoms with Crippen LogP contribution in [-0.2, 0) is 34.0 Å². The lowest BCUT2D eigenvalue weighted by atomic mass is 10.0. The molecule has 1 aliphatic carbocycles. The predicted molar refractivity (Wildman–Crippen MR) is 86.3 cm³/mol. The number of rotatable bonds is 4. The van der Waals surface area contributed by atoms with Crippen LogP contribution in [0.5, 0.6) is 0 Å². The Balaban J connectivity index is 1.57. The molecule has 2 aliphatic rings. The first-order valence-electron chi connectivity index (χ1n) is 7.55. The van der Waals surface area contributed by atoms with Crippen molar-refractivity contribution >= 4 is 27.1 Å². The van der Waals surface area contributed by atoms with Gasteiger partial charge in [-0.2, -0.15) is 0 Å². The van der Waals surface area contributed by atoms with Crippen LogP contribution in [0.25, 0.3) is 0 Å². The van der Waals surface area contributed by atoms with E-state index in [1.165, 1.54) is 28.8 Å². The van der Waals surface area contributed by atoms with Crippen molar-refractivity contribution in [1.82, 2.24) is 9.88 Å². The van der Waals surface area contributed by atoms with E-state index in [0.717, 1.165) is 17.8 Å². The molecule has 0 saturated carbocycles. The molecule has 0 fully saturated rings. The van der Waals surface area contributed by atoms with Crippen molar-refractivity contribution in [2.24, 2.45) is 5.92 Å². The summed E-state index contributed by atoms with van der Waals surface area (Å²) in [6, 6.07) is 0. The highest BCUT2D eigenvalue weighted by Crippen LogP contribution is 2.27. The monoisotopic (exact) mass is 340 g/mol. The summed E-state index contributed by atoms with van der Waals surface area (Å²) in [5.41, 5.74) is 1.21. The Morgan fingerprint density at radius 1 is 1.41 bits per heavy atom. The van der Waals surface area contributed by atoms with Crippen molar-refractivity contribution in [2.75, 3.05) is 12.8 Å². The Kier molecular flexibility index (Phi) is 4.36. The van der Waals surface area contributed by atoms with Gasteiger partial charge in [0.25, 0.3) is 0 Å². The molecule has 0 unspecified atom stereocenters. The van der Waals surface area contributed by atoms with Crippen LogP contribution in [-0.4, -0.2) is 37.0 Å². The molecular weight excluding hydrogens is 320 g/mol.